The standard InChI is InChI=1S/C18H36N2O3S2/c21-25(22,23-15-13-19-11-3-9-17-5-1-6-17)24-16-14-20-12-4-10-18-7-2-8-18/h17-20H,1-16H2. The molecule has 0 spiro atoms. The van der Waals surface area contributed by atoms with Gasteiger partial charge in [0.25, 0.3) is 0 Å². The van der Waals surface area contributed by atoms with Crippen LogP contribution in [0.25, 0.3) is 0 Å². The van der Waals surface area contributed by atoms with Crippen molar-refractivity contribution in [1.29, 1.82) is 0 Å². The molecule has 0 atom stereocenters. The SMILES string of the molecule is O=S(=O)(OCCNCCCC1CCC1)SCCNCCCC1CCC1. The molecular weight excluding hydrogens is 356 g/mol. The van der Waals surface area contributed by atoms with Crippen molar-refractivity contribution in [2.24, 2.45) is 11.8 Å². The van der Waals surface area contributed by atoms with Gasteiger partial charge in [-0.2, -0.15) is 8.42 Å². The van der Waals surface area contributed by atoms with Gasteiger partial charge in [-0.05, 0) is 61.4 Å². The van der Waals surface area contributed by atoms with E-state index in [0.29, 0.717) is 12.3 Å². The summed E-state index contributed by atoms with van der Waals surface area (Å²) in [7, 11) is -2.55. The normalized spacial score (nSPS) is 18.9. The summed E-state index contributed by atoms with van der Waals surface area (Å²) < 4.78 is 28.5. The zero-order valence-corrected chi connectivity index (χ0v) is 17.1. The van der Waals surface area contributed by atoms with Crippen LogP contribution in [0, 0.1) is 11.8 Å². The van der Waals surface area contributed by atoms with E-state index in [-0.39, 0.29) is 6.61 Å². The lowest BCUT2D eigenvalue weighted by Gasteiger charge is -2.25. The molecule has 0 amide bonds. The maximum absolute atomic E-state index is 11.8. The second kappa shape index (κ2) is 12.5. The van der Waals surface area contributed by atoms with Gasteiger partial charge in [-0.25, -0.2) is 0 Å². The molecule has 25 heavy (non-hydrogen) atoms. The smallest absolute Gasteiger partial charge is 0.316 e. The highest BCUT2D eigenvalue weighted by Gasteiger charge is 2.17. The number of rotatable bonds is 16. The van der Waals surface area contributed by atoms with Crippen LogP contribution < -0.4 is 10.6 Å². The van der Waals surface area contributed by atoms with Crippen molar-refractivity contribution in [1.82, 2.24) is 10.6 Å². The Bertz CT molecular complexity index is 404. The molecule has 0 bridgehead atoms. The zero-order chi connectivity index (χ0) is 17.8. The molecule has 0 unspecified atom stereocenters. The van der Waals surface area contributed by atoms with E-state index in [1.807, 2.05) is 0 Å². The molecule has 2 saturated carbocycles. The molecule has 0 aromatic rings. The van der Waals surface area contributed by atoms with Crippen LogP contribution in [0.15, 0.2) is 0 Å². The fourth-order valence-electron chi connectivity index (χ4n) is 3.31. The summed E-state index contributed by atoms with van der Waals surface area (Å²) in [6.45, 7) is 3.50. The highest BCUT2D eigenvalue weighted by molar-refractivity contribution is 8.70. The Morgan fingerprint density at radius 1 is 0.840 bits per heavy atom. The molecule has 5 nitrogen and oxygen atoms in total. The molecule has 0 aromatic carbocycles. The predicted octanol–water partition coefficient (Wildman–Crippen LogP) is 3.32. The van der Waals surface area contributed by atoms with E-state index < -0.39 is 9.15 Å². The van der Waals surface area contributed by atoms with Crippen molar-refractivity contribution < 1.29 is 12.6 Å². The highest BCUT2D eigenvalue weighted by Crippen LogP contribution is 2.30. The van der Waals surface area contributed by atoms with Gasteiger partial charge in [0.15, 0.2) is 0 Å². The molecule has 2 N–H and O–H groups in total. The van der Waals surface area contributed by atoms with E-state index in [9.17, 15) is 8.42 Å². The minimum absolute atomic E-state index is 0.230. The van der Waals surface area contributed by atoms with Gasteiger partial charge in [-0.3, -0.25) is 4.18 Å². The first kappa shape index (κ1) is 21.5. The zero-order valence-electron chi connectivity index (χ0n) is 15.5. The lowest BCUT2D eigenvalue weighted by molar-refractivity contribution is 0.285. The van der Waals surface area contributed by atoms with E-state index in [4.69, 9.17) is 4.18 Å². The fraction of sp³-hybridized carbons (Fsp3) is 1.00. The average molecular weight is 393 g/mol. The van der Waals surface area contributed by atoms with Gasteiger partial charge >= 0.3 is 9.15 Å². The average Bonchev–Trinajstić information content (AvgIpc) is 2.49. The summed E-state index contributed by atoms with van der Waals surface area (Å²) in [5, 5.41) is 6.58. The first-order valence-electron chi connectivity index (χ1n) is 10.1. The minimum atomic E-state index is -3.45. The molecule has 7 heteroatoms. The molecule has 0 saturated heterocycles. The molecule has 2 fully saturated rings. The van der Waals surface area contributed by atoms with E-state index in [1.54, 1.807) is 0 Å². The van der Waals surface area contributed by atoms with Crippen LogP contribution in [0.5, 0.6) is 0 Å². The van der Waals surface area contributed by atoms with Gasteiger partial charge in [-0.1, -0.05) is 38.5 Å². The quantitative estimate of drug-likeness (QED) is 0.310. The Labute approximate surface area is 158 Å². The summed E-state index contributed by atoms with van der Waals surface area (Å²) in [4.78, 5) is 0. The topological polar surface area (TPSA) is 67.4 Å². The van der Waals surface area contributed by atoms with Crippen LogP contribution in [0.2, 0.25) is 0 Å². The Balaban J connectivity index is 1.32. The van der Waals surface area contributed by atoms with Crippen LogP contribution in [0.1, 0.15) is 64.2 Å². The van der Waals surface area contributed by atoms with E-state index in [0.717, 1.165) is 42.3 Å². The Hall–Kier alpha value is 0.180. The Morgan fingerprint density at radius 2 is 1.40 bits per heavy atom. The van der Waals surface area contributed by atoms with Gasteiger partial charge in [0, 0.05) is 18.8 Å². The molecular formula is C18H36N2O3S2. The molecule has 0 radical (unpaired) electrons. The number of nitrogens with one attached hydrogen (secondary N) is 2. The van der Waals surface area contributed by atoms with Crippen molar-refractivity contribution in [3.05, 3.63) is 0 Å². The lowest BCUT2D eigenvalue weighted by atomic mass is 9.82. The second-order valence-electron chi connectivity index (χ2n) is 7.43. The van der Waals surface area contributed by atoms with Crippen molar-refractivity contribution in [2.75, 3.05) is 38.5 Å². The third kappa shape index (κ3) is 10.2. The number of hydrogen-bond donors (Lipinski definition) is 2. The van der Waals surface area contributed by atoms with Crippen molar-refractivity contribution >= 4 is 19.9 Å². The number of hydrogen-bond acceptors (Lipinski definition) is 6. The third-order valence-corrected chi connectivity index (χ3v) is 8.16. The van der Waals surface area contributed by atoms with E-state index in [2.05, 4.69) is 10.6 Å². The van der Waals surface area contributed by atoms with E-state index >= 15 is 0 Å². The van der Waals surface area contributed by atoms with Gasteiger partial charge in [0.2, 0.25) is 0 Å². The summed E-state index contributed by atoms with van der Waals surface area (Å²) in [6.07, 6.45) is 13.4. The fourth-order valence-corrected chi connectivity index (χ4v) is 5.37. The van der Waals surface area contributed by atoms with Crippen LogP contribution in [0.4, 0.5) is 0 Å². The van der Waals surface area contributed by atoms with Crippen LogP contribution in [-0.2, 0) is 13.3 Å². The Kier molecular flexibility index (Phi) is 10.8. The summed E-state index contributed by atoms with van der Waals surface area (Å²) in [5.41, 5.74) is 0. The van der Waals surface area contributed by atoms with Crippen LogP contribution in [0.3, 0.4) is 0 Å². The molecule has 148 valence electrons. The van der Waals surface area contributed by atoms with Crippen molar-refractivity contribution in [3.63, 3.8) is 0 Å². The van der Waals surface area contributed by atoms with Gasteiger partial charge in [-0.15, -0.1) is 0 Å². The second-order valence-corrected chi connectivity index (χ2v) is 11.1. The molecule has 2 aliphatic carbocycles. The van der Waals surface area contributed by atoms with Gasteiger partial charge in [0.1, 0.15) is 0 Å². The Morgan fingerprint density at radius 3 is 1.92 bits per heavy atom. The van der Waals surface area contributed by atoms with Crippen LogP contribution in [-0.4, -0.2) is 47.0 Å². The first-order chi connectivity index (χ1) is 12.2. The molecule has 2 rings (SSSR count). The molecule has 2 aliphatic rings. The third-order valence-electron chi connectivity index (χ3n) is 5.39. The van der Waals surface area contributed by atoms with Crippen molar-refractivity contribution in [3.8, 4) is 0 Å². The van der Waals surface area contributed by atoms with Gasteiger partial charge < -0.3 is 10.6 Å². The summed E-state index contributed by atoms with van der Waals surface area (Å²) in [5.74, 6) is 2.44. The maximum atomic E-state index is 11.8. The van der Waals surface area contributed by atoms with Gasteiger partial charge in [0.05, 0.1) is 6.61 Å². The minimum Gasteiger partial charge on any atom is -0.316 e. The summed E-state index contributed by atoms with van der Waals surface area (Å²) >= 11 is 0. The molecule has 0 heterocycles. The molecule has 0 aliphatic heterocycles. The van der Waals surface area contributed by atoms with Crippen LogP contribution >= 0.6 is 10.8 Å². The highest BCUT2D eigenvalue weighted by atomic mass is 33.1. The lowest BCUT2D eigenvalue weighted by Crippen LogP contribution is -2.23. The maximum Gasteiger partial charge on any atom is 0.322 e. The summed E-state index contributed by atoms with van der Waals surface area (Å²) in [6, 6.07) is 0. The monoisotopic (exact) mass is 392 g/mol. The largest absolute Gasteiger partial charge is 0.322 e. The molecule has 0 aromatic heterocycles. The predicted molar refractivity (Wildman–Crippen MR) is 106 cm³/mol. The first-order valence-corrected chi connectivity index (χ1v) is 13.0. The van der Waals surface area contributed by atoms with E-state index in [1.165, 1.54) is 64.2 Å². The van der Waals surface area contributed by atoms with Crippen molar-refractivity contribution in [2.45, 2.75) is 64.2 Å².